The Morgan fingerprint density at radius 2 is 2.19 bits per heavy atom. The molecule has 2 aliphatic rings. The van der Waals surface area contributed by atoms with Gasteiger partial charge in [0.05, 0.1) is 0 Å². The lowest BCUT2D eigenvalue weighted by Gasteiger charge is -2.49. The minimum Gasteiger partial charge on any atom is -0.477 e. The zero-order valence-electron chi connectivity index (χ0n) is 14.1. The average molecular weight is 434 g/mol. The number of carbonyl (C=O) groups excluding carboxylic acids is 2. The third-order valence-electron chi connectivity index (χ3n) is 3.72. The Morgan fingerprint density at radius 3 is 2.74 bits per heavy atom. The molecule has 0 aliphatic carbocycles. The van der Waals surface area contributed by atoms with Crippen molar-refractivity contribution in [3.8, 4) is 0 Å². The summed E-state index contributed by atoms with van der Waals surface area (Å²) in [7, 11) is 1.28. The van der Waals surface area contributed by atoms with Gasteiger partial charge in [0.25, 0.3) is 11.8 Å². The van der Waals surface area contributed by atoms with Crippen LogP contribution >= 0.6 is 35.5 Å². The standard InChI is InChI=1S/C14H15N5O5S2.ClH/c1-5-3-7(13(22)23)19-11(21)9(12(19)26-5)17-10(20)8(18-24-2)6-4-25-14(15)16-6;/h3-5,9,12H,1-2H3,(H2,15,16)(H,17,20)(H,22,23);1H/t5?,9?,12-;/m1./s1. The van der Waals surface area contributed by atoms with E-state index in [1.54, 1.807) is 5.38 Å². The topological polar surface area (TPSA) is 147 Å². The molecule has 2 unspecified atom stereocenters. The summed E-state index contributed by atoms with van der Waals surface area (Å²) in [5.41, 5.74) is 5.61. The Bertz CT molecular complexity index is 842. The van der Waals surface area contributed by atoms with Crippen LogP contribution in [0.25, 0.3) is 0 Å². The zero-order chi connectivity index (χ0) is 19.0. The number of carboxylic acid groups (broad SMARTS) is 1. The molecule has 2 amide bonds. The summed E-state index contributed by atoms with van der Waals surface area (Å²) in [6.07, 6.45) is 1.51. The fraction of sp³-hybridized carbons (Fsp3) is 0.357. The number of nitrogens with zero attached hydrogens (tertiary/aromatic N) is 3. The number of thiazole rings is 1. The first-order chi connectivity index (χ1) is 12.3. The SMILES string of the molecule is CON=C(C(=O)NC1C(=O)N2C(C(=O)O)=CC(C)S[C@H]12)c1csc(N)n1.Cl. The highest BCUT2D eigenvalue weighted by molar-refractivity contribution is 8.00. The molecule has 0 aromatic carbocycles. The van der Waals surface area contributed by atoms with Gasteiger partial charge in [-0.2, -0.15) is 0 Å². The van der Waals surface area contributed by atoms with Crippen LogP contribution in [0.4, 0.5) is 5.13 Å². The van der Waals surface area contributed by atoms with Crippen LogP contribution in [0.15, 0.2) is 22.3 Å². The molecule has 146 valence electrons. The van der Waals surface area contributed by atoms with Crippen LogP contribution in [0.5, 0.6) is 0 Å². The van der Waals surface area contributed by atoms with Gasteiger partial charge in [-0.15, -0.1) is 35.5 Å². The van der Waals surface area contributed by atoms with Crippen LogP contribution < -0.4 is 11.1 Å². The Morgan fingerprint density at radius 1 is 1.48 bits per heavy atom. The average Bonchev–Trinajstić information content (AvgIpc) is 3.02. The van der Waals surface area contributed by atoms with Crippen molar-refractivity contribution in [2.24, 2.45) is 5.16 Å². The molecule has 3 rings (SSSR count). The molecule has 1 fully saturated rings. The molecule has 27 heavy (non-hydrogen) atoms. The number of anilines is 1. The molecule has 1 aromatic rings. The van der Waals surface area contributed by atoms with Crippen LogP contribution in [0.2, 0.25) is 0 Å². The maximum Gasteiger partial charge on any atom is 0.352 e. The lowest BCUT2D eigenvalue weighted by Crippen LogP contribution is -2.71. The van der Waals surface area contributed by atoms with Gasteiger partial charge in [0.15, 0.2) is 10.8 Å². The first kappa shape index (κ1) is 21.0. The largest absolute Gasteiger partial charge is 0.477 e. The minimum absolute atomic E-state index is 0. The molecule has 0 spiro atoms. The van der Waals surface area contributed by atoms with Crippen LogP contribution in [-0.2, 0) is 19.2 Å². The predicted molar refractivity (Wildman–Crippen MR) is 103 cm³/mol. The van der Waals surface area contributed by atoms with E-state index >= 15 is 0 Å². The van der Waals surface area contributed by atoms with Gasteiger partial charge in [-0.05, 0) is 13.0 Å². The maximum atomic E-state index is 12.6. The van der Waals surface area contributed by atoms with Crippen molar-refractivity contribution in [1.82, 2.24) is 15.2 Å². The molecule has 1 saturated heterocycles. The number of carboxylic acids is 1. The summed E-state index contributed by atoms with van der Waals surface area (Å²) in [5.74, 6) is -2.33. The molecule has 0 bridgehead atoms. The second kappa shape index (κ2) is 8.15. The lowest BCUT2D eigenvalue weighted by molar-refractivity contribution is -0.150. The first-order valence-corrected chi connectivity index (χ1v) is 9.22. The van der Waals surface area contributed by atoms with Crippen molar-refractivity contribution in [2.75, 3.05) is 12.8 Å². The molecule has 0 radical (unpaired) electrons. The molecule has 2 aliphatic heterocycles. The summed E-state index contributed by atoms with van der Waals surface area (Å²) in [5, 5.41) is 16.7. The summed E-state index contributed by atoms with van der Waals surface area (Å²) >= 11 is 2.52. The maximum absolute atomic E-state index is 12.6. The minimum atomic E-state index is -1.18. The van der Waals surface area contributed by atoms with Crippen LogP contribution in [0, 0.1) is 0 Å². The number of thioether (sulfide) groups is 1. The predicted octanol–water partition coefficient (Wildman–Crippen LogP) is 0.255. The summed E-state index contributed by atoms with van der Waals surface area (Å²) in [6.45, 7) is 1.82. The van der Waals surface area contributed by atoms with E-state index < -0.39 is 29.2 Å². The molecular formula is C14H16ClN5O5S2. The van der Waals surface area contributed by atoms with E-state index in [1.807, 2.05) is 6.92 Å². The van der Waals surface area contributed by atoms with Crippen LogP contribution in [0.1, 0.15) is 12.6 Å². The van der Waals surface area contributed by atoms with Gasteiger partial charge in [0.1, 0.15) is 29.9 Å². The Balaban J connectivity index is 0.00000261. The number of β-lactam (4-membered cyclic amide) rings is 1. The van der Waals surface area contributed by atoms with Crippen molar-refractivity contribution >= 4 is 64.1 Å². The molecule has 0 saturated carbocycles. The third kappa shape index (κ3) is 3.87. The number of aromatic nitrogens is 1. The van der Waals surface area contributed by atoms with Crippen molar-refractivity contribution in [1.29, 1.82) is 0 Å². The van der Waals surface area contributed by atoms with Crippen molar-refractivity contribution in [3.63, 3.8) is 0 Å². The molecule has 3 atom stereocenters. The summed E-state index contributed by atoms with van der Waals surface area (Å²) < 4.78 is 0. The number of nitrogens with two attached hydrogens (primary N) is 1. The van der Waals surface area contributed by atoms with E-state index in [-0.39, 0.29) is 39.9 Å². The van der Waals surface area contributed by atoms with Gasteiger partial charge in [-0.1, -0.05) is 5.16 Å². The van der Waals surface area contributed by atoms with Gasteiger partial charge in [-0.3, -0.25) is 14.5 Å². The number of aliphatic carboxylic acids is 1. The quantitative estimate of drug-likeness (QED) is 0.340. The van der Waals surface area contributed by atoms with Crippen LogP contribution in [0.3, 0.4) is 0 Å². The number of nitrogens with one attached hydrogen (secondary N) is 1. The normalized spacial score (nSPS) is 24.1. The fourth-order valence-electron chi connectivity index (χ4n) is 2.63. The van der Waals surface area contributed by atoms with Gasteiger partial charge in [0, 0.05) is 10.6 Å². The highest BCUT2D eigenvalue weighted by Gasteiger charge is 2.54. The Kier molecular flexibility index (Phi) is 6.34. The lowest BCUT2D eigenvalue weighted by atomic mass is 10.0. The van der Waals surface area contributed by atoms with E-state index in [0.29, 0.717) is 0 Å². The van der Waals surface area contributed by atoms with Crippen molar-refractivity contribution in [3.05, 3.63) is 22.8 Å². The molecule has 13 heteroatoms. The summed E-state index contributed by atoms with van der Waals surface area (Å²) in [6, 6.07) is -0.865. The van der Waals surface area contributed by atoms with E-state index in [1.165, 1.54) is 29.8 Å². The third-order valence-corrected chi connectivity index (χ3v) is 5.72. The highest BCUT2D eigenvalue weighted by Crippen LogP contribution is 2.40. The monoisotopic (exact) mass is 433 g/mol. The van der Waals surface area contributed by atoms with Gasteiger partial charge in [-0.25, -0.2) is 9.78 Å². The number of hydrogen-bond donors (Lipinski definition) is 3. The number of carbonyl (C=O) groups is 3. The molecular weight excluding hydrogens is 418 g/mol. The molecule has 10 nitrogen and oxygen atoms in total. The van der Waals surface area contributed by atoms with Crippen molar-refractivity contribution < 1.29 is 24.3 Å². The van der Waals surface area contributed by atoms with Gasteiger partial charge >= 0.3 is 5.97 Å². The van der Waals surface area contributed by atoms with Crippen LogP contribution in [-0.4, -0.2) is 62.3 Å². The number of nitrogen functional groups attached to an aromatic ring is 1. The van der Waals surface area contributed by atoms with E-state index in [0.717, 1.165) is 11.3 Å². The van der Waals surface area contributed by atoms with E-state index in [9.17, 15) is 19.5 Å². The zero-order valence-corrected chi connectivity index (χ0v) is 16.6. The fourth-order valence-corrected chi connectivity index (χ4v) is 4.51. The van der Waals surface area contributed by atoms with E-state index in [4.69, 9.17) is 5.73 Å². The van der Waals surface area contributed by atoms with Crippen molar-refractivity contribution in [2.45, 2.75) is 23.6 Å². The van der Waals surface area contributed by atoms with E-state index in [2.05, 4.69) is 20.3 Å². The first-order valence-electron chi connectivity index (χ1n) is 7.40. The van der Waals surface area contributed by atoms with Gasteiger partial charge < -0.3 is 21.0 Å². The number of fused-ring (bicyclic) bond motifs is 1. The smallest absolute Gasteiger partial charge is 0.352 e. The second-order valence-corrected chi connectivity index (χ2v) is 7.83. The number of oxime groups is 1. The number of halogens is 1. The Labute approximate surface area is 168 Å². The highest BCUT2D eigenvalue weighted by atomic mass is 35.5. The number of rotatable bonds is 5. The molecule has 3 heterocycles. The second-order valence-electron chi connectivity index (χ2n) is 5.44. The molecule has 4 N–H and O–H groups in total. The number of hydrogen-bond acceptors (Lipinski definition) is 9. The summed E-state index contributed by atoms with van der Waals surface area (Å²) in [4.78, 5) is 46.1. The number of amides is 2. The molecule has 1 aromatic heterocycles. The van der Waals surface area contributed by atoms with Gasteiger partial charge in [0.2, 0.25) is 0 Å². The Hall–Kier alpha value is -2.31.